The lowest BCUT2D eigenvalue weighted by Crippen LogP contribution is -2.50. The van der Waals surface area contributed by atoms with Crippen molar-refractivity contribution >= 4 is 23.9 Å². The summed E-state index contributed by atoms with van der Waals surface area (Å²) in [5, 5.41) is 0. The monoisotopic (exact) mass is 422 g/mol. The van der Waals surface area contributed by atoms with Crippen LogP contribution in [0.3, 0.4) is 0 Å². The molecule has 4 rings (SSSR count). The van der Waals surface area contributed by atoms with Gasteiger partial charge in [0.05, 0.1) is 10.8 Å². The summed E-state index contributed by atoms with van der Waals surface area (Å²) in [6.07, 6.45) is 1.94. The summed E-state index contributed by atoms with van der Waals surface area (Å²) in [7, 11) is 0. The molecular formula is C22H30O8. The van der Waals surface area contributed by atoms with Crippen molar-refractivity contribution in [2.75, 3.05) is 13.2 Å². The zero-order chi connectivity index (χ0) is 22.4. The number of esters is 4. The molecule has 2 heterocycles. The number of hydrogen-bond acceptors (Lipinski definition) is 8. The molecule has 0 aromatic heterocycles. The molecule has 30 heavy (non-hydrogen) atoms. The summed E-state index contributed by atoms with van der Waals surface area (Å²) in [6.45, 7) is 10.7. The van der Waals surface area contributed by atoms with Crippen LogP contribution >= 0.6 is 0 Å². The third-order valence-corrected chi connectivity index (χ3v) is 9.38. The first-order valence-corrected chi connectivity index (χ1v) is 10.5. The fraction of sp³-hybridized carbons (Fsp3) is 0.818. The van der Waals surface area contributed by atoms with Crippen molar-refractivity contribution in [1.82, 2.24) is 0 Å². The molecule has 4 aliphatic rings. The van der Waals surface area contributed by atoms with Gasteiger partial charge in [-0.15, -0.1) is 0 Å². The largest absolute Gasteiger partial charge is 0.459 e. The maximum Gasteiger partial charge on any atom is 0.351 e. The quantitative estimate of drug-likeness (QED) is 0.378. The SMILES string of the molecule is CC12CCC(C(=O)OCCOC(=O)C34CCC(C)(C(=O)O3)C4(C)C)(OC1=O)C2(C)C. The summed E-state index contributed by atoms with van der Waals surface area (Å²) < 4.78 is 21.7. The van der Waals surface area contributed by atoms with Crippen molar-refractivity contribution in [3.8, 4) is 0 Å². The van der Waals surface area contributed by atoms with E-state index < -0.39 is 44.8 Å². The van der Waals surface area contributed by atoms with Gasteiger partial charge in [0.1, 0.15) is 13.2 Å². The maximum atomic E-state index is 12.8. The van der Waals surface area contributed by atoms with E-state index in [-0.39, 0.29) is 25.2 Å². The highest BCUT2D eigenvalue weighted by Gasteiger charge is 2.77. The molecule has 0 aromatic rings. The van der Waals surface area contributed by atoms with Crippen molar-refractivity contribution in [2.45, 2.75) is 78.4 Å². The van der Waals surface area contributed by atoms with Crippen LogP contribution in [0.4, 0.5) is 0 Å². The van der Waals surface area contributed by atoms with Gasteiger partial charge in [-0.1, -0.05) is 27.7 Å². The highest BCUT2D eigenvalue weighted by molar-refractivity contribution is 5.94. The summed E-state index contributed by atoms with van der Waals surface area (Å²) in [5.74, 6) is -1.98. The highest BCUT2D eigenvalue weighted by atomic mass is 16.6. The summed E-state index contributed by atoms with van der Waals surface area (Å²) in [4.78, 5) is 50.3. The van der Waals surface area contributed by atoms with Crippen LogP contribution in [0.5, 0.6) is 0 Å². The second-order valence-corrected chi connectivity index (χ2v) is 10.6. The Morgan fingerprint density at radius 3 is 1.27 bits per heavy atom. The van der Waals surface area contributed by atoms with Crippen LogP contribution < -0.4 is 0 Å². The van der Waals surface area contributed by atoms with Crippen molar-refractivity contribution in [3.63, 3.8) is 0 Å². The molecule has 2 saturated carbocycles. The Kier molecular flexibility index (Phi) is 4.06. The first-order chi connectivity index (χ1) is 13.7. The van der Waals surface area contributed by atoms with Crippen LogP contribution in [-0.2, 0) is 38.1 Å². The molecule has 0 aromatic carbocycles. The lowest BCUT2D eigenvalue weighted by molar-refractivity contribution is -0.189. The Labute approximate surface area is 175 Å². The predicted octanol–water partition coefficient (Wildman–Crippen LogP) is 2.32. The van der Waals surface area contributed by atoms with E-state index in [1.54, 1.807) is 0 Å². The molecule has 0 amide bonds. The number of hydrogen-bond donors (Lipinski definition) is 0. The molecule has 0 spiro atoms. The second-order valence-electron chi connectivity index (χ2n) is 10.6. The molecule has 8 heteroatoms. The number of carbonyl (C=O) groups is 4. The fourth-order valence-electron chi connectivity index (χ4n) is 5.91. The van der Waals surface area contributed by atoms with Gasteiger partial charge >= 0.3 is 23.9 Å². The molecule has 4 bridgehead atoms. The molecule has 166 valence electrons. The van der Waals surface area contributed by atoms with Gasteiger partial charge in [0.15, 0.2) is 0 Å². The number of carbonyl (C=O) groups excluding carboxylic acids is 4. The van der Waals surface area contributed by atoms with Crippen molar-refractivity contribution in [2.24, 2.45) is 21.7 Å². The first-order valence-electron chi connectivity index (χ1n) is 10.5. The average Bonchev–Trinajstić information content (AvgIpc) is 3.13. The Morgan fingerprint density at radius 1 is 0.700 bits per heavy atom. The molecule has 0 N–H and O–H groups in total. The van der Waals surface area contributed by atoms with Crippen molar-refractivity contribution in [1.29, 1.82) is 0 Å². The Bertz CT molecular complexity index is 789. The molecule has 2 aliphatic carbocycles. The third-order valence-electron chi connectivity index (χ3n) is 9.38. The molecule has 8 nitrogen and oxygen atoms in total. The molecule has 2 saturated heterocycles. The van der Waals surface area contributed by atoms with Crippen molar-refractivity contribution < 1.29 is 38.1 Å². The summed E-state index contributed by atoms with van der Waals surface area (Å²) in [6, 6.07) is 0. The normalized spacial score (nSPS) is 42.1. The summed E-state index contributed by atoms with van der Waals surface area (Å²) >= 11 is 0. The molecule has 2 aliphatic heterocycles. The minimum absolute atomic E-state index is 0.168. The molecular weight excluding hydrogens is 392 g/mol. The Morgan fingerprint density at radius 2 is 1.03 bits per heavy atom. The Balaban J connectivity index is 1.37. The number of rotatable bonds is 5. The van der Waals surface area contributed by atoms with E-state index in [1.165, 1.54) is 0 Å². The van der Waals surface area contributed by atoms with Gasteiger partial charge in [0.2, 0.25) is 11.2 Å². The molecule has 4 atom stereocenters. The average molecular weight is 422 g/mol. The van der Waals surface area contributed by atoms with Gasteiger partial charge < -0.3 is 18.9 Å². The minimum Gasteiger partial charge on any atom is -0.459 e. The standard InChI is InChI=1S/C22H30O8/c1-17(2)19(5)7-9-21(17,29-13(19)23)15(25)27-11-12-28-16(26)22-10-8-20(6,14(24)30-22)18(22,3)4/h7-12H2,1-6H3. The van der Waals surface area contributed by atoms with E-state index in [1.807, 2.05) is 41.5 Å². The van der Waals surface area contributed by atoms with E-state index in [2.05, 4.69) is 0 Å². The van der Waals surface area contributed by atoms with Gasteiger partial charge in [0.25, 0.3) is 0 Å². The second kappa shape index (κ2) is 5.77. The lowest BCUT2D eigenvalue weighted by atomic mass is 9.66. The van der Waals surface area contributed by atoms with E-state index in [0.29, 0.717) is 25.7 Å². The van der Waals surface area contributed by atoms with Gasteiger partial charge in [-0.25, -0.2) is 9.59 Å². The first kappa shape index (κ1) is 21.1. The predicted molar refractivity (Wildman–Crippen MR) is 102 cm³/mol. The highest BCUT2D eigenvalue weighted by Crippen LogP contribution is 2.66. The zero-order valence-electron chi connectivity index (χ0n) is 18.5. The fourth-order valence-corrected chi connectivity index (χ4v) is 5.91. The third kappa shape index (κ3) is 2.03. The number of ether oxygens (including phenoxy) is 4. The zero-order valence-corrected chi connectivity index (χ0v) is 18.5. The van der Waals surface area contributed by atoms with Crippen LogP contribution in [-0.4, -0.2) is 48.3 Å². The van der Waals surface area contributed by atoms with Crippen LogP contribution in [0, 0.1) is 21.7 Å². The van der Waals surface area contributed by atoms with Gasteiger partial charge in [-0.05, 0) is 39.5 Å². The van der Waals surface area contributed by atoms with E-state index in [4.69, 9.17) is 18.9 Å². The van der Waals surface area contributed by atoms with Crippen LogP contribution in [0.2, 0.25) is 0 Å². The number of fused-ring (bicyclic) bond motifs is 4. The maximum absolute atomic E-state index is 12.8. The Hall–Kier alpha value is -2.12. The van der Waals surface area contributed by atoms with Crippen LogP contribution in [0.15, 0.2) is 0 Å². The van der Waals surface area contributed by atoms with Crippen molar-refractivity contribution in [3.05, 3.63) is 0 Å². The smallest absolute Gasteiger partial charge is 0.351 e. The van der Waals surface area contributed by atoms with Gasteiger partial charge in [-0.2, -0.15) is 0 Å². The molecule has 4 unspecified atom stereocenters. The molecule has 0 radical (unpaired) electrons. The molecule has 4 fully saturated rings. The lowest BCUT2D eigenvalue weighted by Gasteiger charge is -2.35. The van der Waals surface area contributed by atoms with Gasteiger partial charge in [0, 0.05) is 10.8 Å². The minimum atomic E-state index is -1.31. The van der Waals surface area contributed by atoms with E-state index >= 15 is 0 Å². The van der Waals surface area contributed by atoms with Crippen LogP contribution in [0.25, 0.3) is 0 Å². The van der Waals surface area contributed by atoms with E-state index in [0.717, 1.165) is 0 Å². The topological polar surface area (TPSA) is 105 Å². The van der Waals surface area contributed by atoms with Gasteiger partial charge in [-0.3, -0.25) is 9.59 Å². The van der Waals surface area contributed by atoms with Crippen LogP contribution in [0.1, 0.15) is 67.2 Å². The van der Waals surface area contributed by atoms with E-state index in [9.17, 15) is 19.2 Å². The summed E-state index contributed by atoms with van der Waals surface area (Å²) in [5.41, 5.74) is -5.44.